The Morgan fingerprint density at radius 3 is 2.73 bits per heavy atom. The summed E-state index contributed by atoms with van der Waals surface area (Å²) in [7, 11) is 1.60. The number of hydrogen-bond donors (Lipinski definition) is 1. The molecular weight excluding hydrogens is 398 g/mol. The van der Waals surface area contributed by atoms with Gasteiger partial charge in [0.15, 0.2) is 5.13 Å². The SMILES string of the molecule is CCCOc1ccc(/C=C(\C#N)C(=O)Nc2nc(-c3cccc(OC)c3)cs2)cc1. The van der Waals surface area contributed by atoms with Crippen molar-refractivity contribution in [1.82, 2.24) is 4.98 Å². The standard InChI is InChI=1S/C23H21N3O3S/c1-3-11-29-19-9-7-16(8-10-19)12-18(14-24)22(27)26-23-25-21(15-30-23)17-5-4-6-20(13-17)28-2/h4-10,12-13,15H,3,11H2,1-2H3,(H,25,26,27)/b18-12+. The summed E-state index contributed by atoms with van der Waals surface area (Å²) in [5.41, 5.74) is 2.34. The normalized spacial score (nSPS) is 10.9. The molecule has 0 saturated heterocycles. The number of aromatic nitrogens is 1. The Bertz CT molecular complexity index is 1080. The van der Waals surface area contributed by atoms with Crippen LogP contribution in [0, 0.1) is 11.3 Å². The molecule has 0 unspecified atom stereocenters. The predicted molar refractivity (Wildman–Crippen MR) is 119 cm³/mol. The van der Waals surface area contributed by atoms with Gasteiger partial charge in [-0.05, 0) is 42.3 Å². The summed E-state index contributed by atoms with van der Waals surface area (Å²) in [6.07, 6.45) is 2.46. The van der Waals surface area contributed by atoms with Crippen molar-refractivity contribution in [2.24, 2.45) is 0 Å². The van der Waals surface area contributed by atoms with E-state index >= 15 is 0 Å². The van der Waals surface area contributed by atoms with Gasteiger partial charge in [0.05, 0.1) is 19.4 Å². The minimum atomic E-state index is -0.504. The molecule has 0 fully saturated rings. The van der Waals surface area contributed by atoms with Gasteiger partial charge in [0, 0.05) is 10.9 Å². The van der Waals surface area contributed by atoms with Gasteiger partial charge >= 0.3 is 0 Å². The van der Waals surface area contributed by atoms with Gasteiger partial charge in [-0.2, -0.15) is 5.26 Å². The van der Waals surface area contributed by atoms with Crippen molar-refractivity contribution in [3.05, 3.63) is 65.0 Å². The molecule has 3 rings (SSSR count). The minimum Gasteiger partial charge on any atom is -0.497 e. The summed E-state index contributed by atoms with van der Waals surface area (Å²) in [5, 5.41) is 14.4. The zero-order valence-corrected chi connectivity index (χ0v) is 17.5. The van der Waals surface area contributed by atoms with Crippen LogP contribution in [-0.4, -0.2) is 24.6 Å². The van der Waals surface area contributed by atoms with E-state index in [9.17, 15) is 10.1 Å². The third kappa shape index (κ3) is 5.46. The fourth-order valence-corrected chi connectivity index (χ4v) is 3.32. The molecule has 1 amide bonds. The number of rotatable bonds is 8. The average Bonchev–Trinajstić information content (AvgIpc) is 3.25. The molecule has 7 heteroatoms. The van der Waals surface area contributed by atoms with E-state index in [0.29, 0.717) is 11.7 Å². The summed E-state index contributed by atoms with van der Waals surface area (Å²) < 4.78 is 10.8. The minimum absolute atomic E-state index is 0.00430. The lowest BCUT2D eigenvalue weighted by Crippen LogP contribution is -2.13. The lowest BCUT2D eigenvalue weighted by atomic mass is 10.1. The van der Waals surface area contributed by atoms with E-state index in [1.165, 1.54) is 17.4 Å². The first-order chi connectivity index (χ1) is 14.6. The molecule has 1 heterocycles. The largest absolute Gasteiger partial charge is 0.497 e. The number of hydrogen-bond acceptors (Lipinski definition) is 6. The Kier molecular flexibility index (Phi) is 7.19. The number of thiazole rings is 1. The summed E-state index contributed by atoms with van der Waals surface area (Å²) in [5.74, 6) is 0.979. The number of carbonyl (C=O) groups is 1. The molecule has 2 aromatic carbocycles. The molecule has 0 aliphatic rings. The maximum Gasteiger partial charge on any atom is 0.268 e. The molecule has 0 bridgehead atoms. The van der Waals surface area contributed by atoms with Crippen molar-refractivity contribution in [3.8, 4) is 28.8 Å². The quantitative estimate of drug-likeness (QED) is 0.403. The zero-order chi connectivity index (χ0) is 21.3. The average molecular weight is 420 g/mol. The van der Waals surface area contributed by atoms with E-state index in [0.717, 1.165) is 34.7 Å². The maximum atomic E-state index is 12.5. The van der Waals surface area contributed by atoms with E-state index in [1.807, 2.05) is 54.8 Å². The van der Waals surface area contributed by atoms with E-state index in [1.54, 1.807) is 19.2 Å². The van der Waals surface area contributed by atoms with Crippen LogP contribution in [0.5, 0.6) is 11.5 Å². The van der Waals surface area contributed by atoms with Crippen LogP contribution in [0.2, 0.25) is 0 Å². The topological polar surface area (TPSA) is 84.2 Å². The van der Waals surface area contributed by atoms with Crippen LogP contribution in [0.15, 0.2) is 59.5 Å². The molecule has 0 radical (unpaired) electrons. The van der Waals surface area contributed by atoms with E-state index in [2.05, 4.69) is 10.3 Å². The van der Waals surface area contributed by atoms with E-state index < -0.39 is 5.91 Å². The third-order valence-corrected chi connectivity index (χ3v) is 4.88. The van der Waals surface area contributed by atoms with Crippen LogP contribution < -0.4 is 14.8 Å². The number of ether oxygens (including phenoxy) is 2. The number of benzene rings is 2. The molecule has 0 atom stereocenters. The number of nitrogens with zero attached hydrogens (tertiary/aromatic N) is 2. The summed E-state index contributed by atoms with van der Waals surface area (Å²) >= 11 is 1.29. The Balaban J connectivity index is 1.70. The number of carbonyl (C=O) groups excluding carboxylic acids is 1. The summed E-state index contributed by atoms with van der Waals surface area (Å²) in [4.78, 5) is 17.0. The first-order valence-electron chi connectivity index (χ1n) is 9.39. The van der Waals surface area contributed by atoms with Crippen LogP contribution in [0.25, 0.3) is 17.3 Å². The summed E-state index contributed by atoms with van der Waals surface area (Å²) in [6.45, 7) is 2.68. The van der Waals surface area contributed by atoms with Crippen LogP contribution in [0.1, 0.15) is 18.9 Å². The van der Waals surface area contributed by atoms with Gasteiger partial charge in [-0.15, -0.1) is 11.3 Å². The smallest absolute Gasteiger partial charge is 0.268 e. The molecule has 1 aromatic heterocycles. The van der Waals surface area contributed by atoms with Gasteiger partial charge < -0.3 is 9.47 Å². The third-order valence-electron chi connectivity index (χ3n) is 4.12. The molecule has 6 nitrogen and oxygen atoms in total. The zero-order valence-electron chi connectivity index (χ0n) is 16.7. The molecule has 0 aliphatic heterocycles. The number of anilines is 1. The monoisotopic (exact) mass is 419 g/mol. The van der Waals surface area contributed by atoms with Crippen molar-refractivity contribution in [2.45, 2.75) is 13.3 Å². The predicted octanol–water partition coefficient (Wildman–Crippen LogP) is 5.15. The highest BCUT2D eigenvalue weighted by Crippen LogP contribution is 2.27. The lowest BCUT2D eigenvalue weighted by Gasteiger charge is -2.04. The number of nitriles is 1. The van der Waals surface area contributed by atoms with Crippen molar-refractivity contribution in [1.29, 1.82) is 5.26 Å². The fourth-order valence-electron chi connectivity index (χ4n) is 2.61. The van der Waals surface area contributed by atoms with Gasteiger partial charge in [-0.3, -0.25) is 10.1 Å². The number of nitrogens with one attached hydrogen (secondary N) is 1. The van der Waals surface area contributed by atoms with E-state index in [-0.39, 0.29) is 5.57 Å². The molecule has 1 N–H and O–H groups in total. The Labute approximate surface area is 179 Å². The molecule has 30 heavy (non-hydrogen) atoms. The van der Waals surface area contributed by atoms with Crippen LogP contribution >= 0.6 is 11.3 Å². The first kappa shape index (κ1) is 21.1. The van der Waals surface area contributed by atoms with Gasteiger partial charge in [-0.25, -0.2) is 4.98 Å². The fraction of sp³-hybridized carbons (Fsp3) is 0.174. The highest BCUT2D eigenvalue weighted by molar-refractivity contribution is 7.14. The van der Waals surface area contributed by atoms with Gasteiger partial charge in [0.2, 0.25) is 0 Å². The molecule has 152 valence electrons. The molecule has 0 aliphatic carbocycles. The second-order valence-electron chi connectivity index (χ2n) is 6.31. The Morgan fingerprint density at radius 1 is 1.23 bits per heavy atom. The van der Waals surface area contributed by atoms with Gasteiger partial charge in [0.1, 0.15) is 23.1 Å². The highest BCUT2D eigenvalue weighted by Gasteiger charge is 2.13. The summed E-state index contributed by atoms with van der Waals surface area (Å²) in [6, 6.07) is 16.7. The molecule has 0 spiro atoms. The molecular formula is C23H21N3O3S. The van der Waals surface area contributed by atoms with Crippen LogP contribution in [0.4, 0.5) is 5.13 Å². The van der Waals surface area contributed by atoms with Gasteiger partial charge in [0.25, 0.3) is 5.91 Å². The van der Waals surface area contributed by atoms with Crippen molar-refractivity contribution in [3.63, 3.8) is 0 Å². The van der Waals surface area contributed by atoms with E-state index in [4.69, 9.17) is 9.47 Å². The Hall–Kier alpha value is -3.63. The maximum absolute atomic E-state index is 12.5. The second-order valence-corrected chi connectivity index (χ2v) is 7.17. The van der Waals surface area contributed by atoms with Crippen molar-refractivity contribution >= 4 is 28.5 Å². The van der Waals surface area contributed by atoms with Crippen LogP contribution in [0.3, 0.4) is 0 Å². The lowest BCUT2D eigenvalue weighted by molar-refractivity contribution is -0.112. The highest BCUT2D eigenvalue weighted by atomic mass is 32.1. The Morgan fingerprint density at radius 2 is 2.03 bits per heavy atom. The number of methoxy groups -OCH3 is 1. The molecule has 0 saturated carbocycles. The number of amides is 1. The first-order valence-corrected chi connectivity index (χ1v) is 10.3. The molecule has 3 aromatic rings. The van der Waals surface area contributed by atoms with Crippen molar-refractivity contribution < 1.29 is 14.3 Å². The second kappa shape index (κ2) is 10.2. The van der Waals surface area contributed by atoms with Crippen molar-refractivity contribution in [2.75, 3.05) is 19.0 Å². The van der Waals surface area contributed by atoms with Gasteiger partial charge in [-0.1, -0.05) is 31.2 Å². The van der Waals surface area contributed by atoms with Crippen LogP contribution in [-0.2, 0) is 4.79 Å².